The molecule has 0 bridgehead atoms. The van der Waals surface area contributed by atoms with Crippen LogP contribution in [-0.4, -0.2) is 58.0 Å². The van der Waals surface area contributed by atoms with Crippen molar-refractivity contribution >= 4 is 22.6 Å². The average molecular weight is 475 g/mol. The highest BCUT2D eigenvalue weighted by atomic mass is 16.2. The molecule has 0 unspecified atom stereocenters. The lowest BCUT2D eigenvalue weighted by Gasteiger charge is -2.36. The smallest absolute Gasteiger partial charge is 0.270 e. The van der Waals surface area contributed by atoms with E-state index in [-0.39, 0.29) is 11.5 Å². The van der Waals surface area contributed by atoms with Crippen molar-refractivity contribution in [1.29, 1.82) is 0 Å². The molecule has 3 fully saturated rings. The number of aromatic amines is 1. The third-order valence-electron chi connectivity index (χ3n) is 6.83. The van der Waals surface area contributed by atoms with Crippen molar-refractivity contribution in [2.75, 3.05) is 31.1 Å². The summed E-state index contributed by atoms with van der Waals surface area (Å²) in [4.78, 5) is 41.2. The topological polar surface area (TPSA) is 94.2 Å². The van der Waals surface area contributed by atoms with Gasteiger partial charge in [-0.3, -0.25) is 19.5 Å². The molecule has 0 atom stereocenters. The van der Waals surface area contributed by atoms with Gasteiger partial charge in [0.2, 0.25) is 0 Å². The Morgan fingerprint density at radius 3 is 2.46 bits per heavy atom. The van der Waals surface area contributed by atoms with Crippen LogP contribution in [0, 0.1) is 0 Å². The largest absolute Gasteiger partial charge is 0.368 e. The number of anilines is 1. The van der Waals surface area contributed by atoms with Crippen molar-refractivity contribution in [2.45, 2.75) is 58.0 Å². The second-order valence-corrected chi connectivity index (χ2v) is 9.52. The highest BCUT2D eigenvalue weighted by molar-refractivity contribution is 5.92. The van der Waals surface area contributed by atoms with Crippen LogP contribution in [0.15, 0.2) is 41.5 Å². The van der Waals surface area contributed by atoms with Crippen molar-refractivity contribution in [3.8, 4) is 0 Å². The average Bonchev–Trinajstić information content (AvgIpc) is 3.81. The summed E-state index contributed by atoms with van der Waals surface area (Å²) in [5, 5.41) is 2.98. The van der Waals surface area contributed by atoms with Gasteiger partial charge in [0.25, 0.3) is 11.5 Å². The molecule has 2 N–H and O–H groups in total. The molecule has 0 spiro atoms. The van der Waals surface area contributed by atoms with E-state index in [0.29, 0.717) is 17.7 Å². The van der Waals surface area contributed by atoms with E-state index in [2.05, 4.69) is 36.1 Å². The third kappa shape index (κ3) is 5.53. The minimum atomic E-state index is -0.0806. The van der Waals surface area contributed by atoms with Crippen LogP contribution in [-0.2, 0) is 6.54 Å². The second kappa shape index (κ2) is 10.2. The lowest BCUT2D eigenvalue weighted by atomic mass is 10.1. The molecule has 184 valence electrons. The fraction of sp³-hybridized carbons (Fsp3) is 0.481. The van der Waals surface area contributed by atoms with E-state index in [1.165, 1.54) is 0 Å². The SMILES string of the molecule is CC.O=C(NC1CC1)c1ccc(N2CCN(Cc3cnc4cc(C5CC5)c(=O)[nH]c4c3)CC2)cn1. The van der Waals surface area contributed by atoms with Crippen LogP contribution in [0.3, 0.4) is 0 Å². The lowest BCUT2D eigenvalue weighted by molar-refractivity contribution is 0.0946. The van der Waals surface area contributed by atoms with Gasteiger partial charge in [-0.2, -0.15) is 0 Å². The Kier molecular flexibility index (Phi) is 6.81. The van der Waals surface area contributed by atoms with Crippen LogP contribution in [0.5, 0.6) is 0 Å². The van der Waals surface area contributed by atoms with Gasteiger partial charge in [-0.05, 0) is 61.4 Å². The summed E-state index contributed by atoms with van der Waals surface area (Å²) in [5.74, 6) is 0.338. The highest BCUT2D eigenvalue weighted by Gasteiger charge is 2.27. The molecule has 6 rings (SSSR count). The molecule has 8 nitrogen and oxygen atoms in total. The molecule has 2 saturated carbocycles. The van der Waals surface area contributed by atoms with Crippen molar-refractivity contribution < 1.29 is 4.79 Å². The molecule has 3 aliphatic rings. The van der Waals surface area contributed by atoms with Gasteiger partial charge in [0.1, 0.15) is 5.69 Å². The van der Waals surface area contributed by atoms with Crippen molar-refractivity contribution in [3.63, 3.8) is 0 Å². The number of carbonyl (C=O) groups excluding carboxylic acids is 1. The third-order valence-corrected chi connectivity index (χ3v) is 6.83. The van der Waals surface area contributed by atoms with E-state index in [1.54, 1.807) is 6.20 Å². The Balaban J connectivity index is 0.00000124. The van der Waals surface area contributed by atoms with Crippen LogP contribution < -0.4 is 15.8 Å². The van der Waals surface area contributed by atoms with Crippen molar-refractivity contribution in [1.82, 2.24) is 25.2 Å². The number of piperazine rings is 1. The standard InChI is InChI=1S/C25H28N6O2.C2H6/c32-24-20(17-1-2-17)12-22-23(29-24)11-16(13-26-22)15-30-7-9-31(10-8-30)19-5-6-21(27-14-19)25(33)28-18-3-4-18;1-2/h5-6,11-14,17-18H,1-4,7-10,15H2,(H,28,33)(H,29,32);1-2H3. The van der Waals surface area contributed by atoms with Crippen molar-refractivity contribution in [2.24, 2.45) is 0 Å². The first kappa shape index (κ1) is 23.5. The number of hydrogen-bond acceptors (Lipinski definition) is 6. The predicted octanol–water partition coefficient (Wildman–Crippen LogP) is 3.44. The number of fused-ring (bicyclic) bond motifs is 1. The van der Waals surface area contributed by atoms with Crippen LogP contribution in [0.25, 0.3) is 11.0 Å². The Morgan fingerprint density at radius 1 is 1.03 bits per heavy atom. The van der Waals surface area contributed by atoms with Crippen LogP contribution in [0.4, 0.5) is 5.69 Å². The number of pyridine rings is 3. The molecule has 0 aromatic carbocycles. The van der Waals surface area contributed by atoms with Crippen LogP contribution >= 0.6 is 0 Å². The van der Waals surface area contributed by atoms with Gasteiger partial charge in [-0.15, -0.1) is 0 Å². The highest BCUT2D eigenvalue weighted by Crippen LogP contribution is 2.38. The van der Waals surface area contributed by atoms with Crippen LogP contribution in [0.1, 0.15) is 67.1 Å². The maximum atomic E-state index is 12.4. The van der Waals surface area contributed by atoms with Crippen LogP contribution in [0.2, 0.25) is 0 Å². The maximum Gasteiger partial charge on any atom is 0.270 e. The second-order valence-electron chi connectivity index (χ2n) is 9.52. The van der Waals surface area contributed by atoms with Gasteiger partial charge in [-0.25, -0.2) is 4.98 Å². The molecule has 1 amide bonds. The molecule has 3 aromatic heterocycles. The summed E-state index contributed by atoms with van der Waals surface area (Å²) in [6.07, 6.45) is 8.09. The number of carbonyl (C=O) groups is 1. The zero-order chi connectivity index (χ0) is 24.4. The van der Waals surface area contributed by atoms with Gasteiger partial charge in [-0.1, -0.05) is 13.8 Å². The quantitative estimate of drug-likeness (QED) is 0.568. The fourth-order valence-corrected chi connectivity index (χ4v) is 4.54. The number of H-pyrrole nitrogens is 1. The number of nitrogens with one attached hydrogen (secondary N) is 2. The minimum Gasteiger partial charge on any atom is -0.368 e. The molecular weight excluding hydrogens is 440 g/mol. The first-order chi connectivity index (χ1) is 17.1. The molecule has 0 radical (unpaired) electrons. The van der Waals surface area contributed by atoms with E-state index in [9.17, 15) is 9.59 Å². The Bertz CT molecular complexity index is 1240. The van der Waals surface area contributed by atoms with Gasteiger partial charge in [0, 0.05) is 50.5 Å². The van der Waals surface area contributed by atoms with Gasteiger partial charge < -0.3 is 15.2 Å². The minimum absolute atomic E-state index is 0.0298. The lowest BCUT2D eigenvalue weighted by Crippen LogP contribution is -2.46. The van der Waals surface area contributed by atoms with Gasteiger partial charge >= 0.3 is 0 Å². The van der Waals surface area contributed by atoms with Gasteiger partial charge in [0.05, 0.1) is 22.9 Å². The molecule has 3 aromatic rings. The Morgan fingerprint density at radius 2 is 1.80 bits per heavy atom. The number of hydrogen-bond donors (Lipinski definition) is 2. The molecular formula is C27H34N6O2. The Labute approximate surface area is 205 Å². The summed E-state index contributed by atoms with van der Waals surface area (Å²) in [6, 6.07) is 8.16. The normalized spacial score (nSPS) is 18.2. The predicted molar refractivity (Wildman–Crippen MR) is 138 cm³/mol. The Hall–Kier alpha value is -3.26. The maximum absolute atomic E-state index is 12.4. The first-order valence-corrected chi connectivity index (χ1v) is 12.9. The van der Waals surface area contributed by atoms with E-state index in [4.69, 9.17) is 0 Å². The summed E-state index contributed by atoms with van der Waals surface area (Å²) >= 11 is 0. The molecule has 1 aliphatic heterocycles. The molecule has 35 heavy (non-hydrogen) atoms. The van der Waals surface area contributed by atoms with Crippen molar-refractivity contribution in [3.05, 3.63) is 63.8 Å². The monoisotopic (exact) mass is 474 g/mol. The number of amides is 1. The molecule has 2 aliphatic carbocycles. The molecule has 1 saturated heterocycles. The summed E-state index contributed by atoms with van der Waals surface area (Å²) in [5.41, 5.74) is 5.24. The zero-order valence-corrected chi connectivity index (χ0v) is 20.6. The molecule has 8 heteroatoms. The fourth-order valence-electron chi connectivity index (χ4n) is 4.54. The summed E-state index contributed by atoms with van der Waals surface area (Å²) in [7, 11) is 0. The van der Waals surface area contributed by atoms with E-state index in [1.807, 2.05) is 38.2 Å². The number of rotatable bonds is 6. The molecule has 4 heterocycles. The first-order valence-electron chi connectivity index (χ1n) is 12.9. The van der Waals surface area contributed by atoms with Gasteiger partial charge in [0.15, 0.2) is 0 Å². The number of nitrogens with zero attached hydrogens (tertiary/aromatic N) is 4. The van der Waals surface area contributed by atoms with E-state index < -0.39 is 0 Å². The number of aromatic nitrogens is 3. The summed E-state index contributed by atoms with van der Waals surface area (Å²) in [6.45, 7) is 8.47. The van der Waals surface area contributed by atoms with E-state index >= 15 is 0 Å². The van der Waals surface area contributed by atoms with E-state index in [0.717, 1.165) is 86.3 Å². The zero-order valence-electron chi connectivity index (χ0n) is 20.6. The summed E-state index contributed by atoms with van der Waals surface area (Å²) < 4.78 is 0.